The molecule has 0 spiro atoms. The predicted octanol–water partition coefficient (Wildman–Crippen LogP) is 1.81. The second-order valence-corrected chi connectivity index (χ2v) is 7.02. The molecule has 0 heterocycles. The van der Waals surface area contributed by atoms with Gasteiger partial charge in [-0.15, -0.1) is 0 Å². The van der Waals surface area contributed by atoms with Crippen molar-refractivity contribution in [3.8, 4) is 22.6 Å². The number of benzene rings is 2. The Morgan fingerprint density at radius 2 is 1.56 bits per heavy atom. The fourth-order valence-electron chi connectivity index (χ4n) is 3.19. The van der Waals surface area contributed by atoms with Crippen LogP contribution in [0.5, 0.6) is 11.5 Å². The van der Waals surface area contributed by atoms with Crippen molar-refractivity contribution in [2.24, 2.45) is 0 Å². The zero-order valence-electron chi connectivity index (χ0n) is 18.9. The average Bonchev–Trinajstić information content (AvgIpc) is 2.81. The van der Waals surface area contributed by atoms with Gasteiger partial charge in [-0.3, -0.25) is 4.79 Å². The van der Waals surface area contributed by atoms with Gasteiger partial charge >= 0.3 is 12.0 Å². The van der Waals surface area contributed by atoms with Crippen molar-refractivity contribution >= 4 is 17.9 Å². The quantitative estimate of drug-likeness (QED) is 0.509. The minimum Gasteiger partial charge on any atom is -0.496 e. The highest BCUT2D eigenvalue weighted by atomic mass is 16.5. The molecule has 3 amide bonds. The Bertz CT molecular complexity index is 976. The number of aryl methyl sites for hydroxylation is 1. The fourth-order valence-corrected chi connectivity index (χ4v) is 3.19. The molecule has 0 aliphatic heterocycles. The molecular formula is C23H29N3O6. The highest BCUT2D eigenvalue weighted by Gasteiger charge is 2.23. The standard InChI is InChI=1S/C23H29N3O6/c1-14-6-8-19(30-3)16(10-14)17-11-15(7-9-20(17)31-4)12-18(22(28)32-5)26-21(27)13-25-23(29)24-2/h6-11,18H,12-13H2,1-5H3,(H,26,27)(H2,24,25,29). The van der Waals surface area contributed by atoms with E-state index in [1.54, 1.807) is 20.3 Å². The second-order valence-electron chi connectivity index (χ2n) is 7.02. The van der Waals surface area contributed by atoms with Gasteiger partial charge in [0.2, 0.25) is 5.91 Å². The molecule has 32 heavy (non-hydrogen) atoms. The van der Waals surface area contributed by atoms with Gasteiger partial charge in [0.25, 0.3) is 0 Å². The van der Waals surface area contributed by atoms with E-state index in [-0.39, 0.29) is 13.0 Å². The third-order valence-electron chi connectivity index (χ3n) is 4.81. The Balaban J connectivity index is 2.32. The van der Waals surface area contributed by atoms with Crippen molar-refractivity contribution in [1.29, 1.82) is 0 Å². The lowest BCUT2D eigenvalue weighted by atomic mass is 9.96. The second kappa shape index (κ2) is 11.6. The van der Waals surface area contributed by atoms with Gasteiger partial charge in [0.15, 0.2) is 0 Å². The van der Waals surface area contributed by atoms with Crippen LogP contribution in [0.1, 0.15) is 11.1 Å². The van der Waals surface area contributed by atoms with Crippen molar-refractivity contribution < 1.29 is 28.6 Å². The van der Waals surface area contributed by atoms with E-state index in [1.165, 1.54) is 14.2 Å². The summed E-state index contributed by atoms with van der Waals surface area (Å²) in [4.78, 5) is 35.8. The highest BCUT2D eigenvalue weighted by Crippen LogP contribution is 2.37. The van der Waals surface area contributed by atoms with Crippen molar-refractivity contribution in [3.63, 3.8) is 0 Å². The largest absolute Gasteiger partial charge is 0.496 e. The Hall–Kier alpha value is -3.75. The van der Waals surface area contributed by atoms with Gasteiger partial charge in [0, 0.05) is 24.6 Å². The molecule has 0 fully saturated rings. The number of esters is 1. The maximum Gasteiger partial charge on any atom is 0.328 e. The number of carbonyl (C=O) groups is 3. The summed E-state index contributed by atoms with van der Waals surface area (Å²) in [6.07, 6.45) is 0.184. The molecule has 9 heteroatoms. The maximum absolute atomic E-state index is 12.3. The van der Waals surface area contributed by atoms with Gasteiger partial charge in [0.1, 0.15) is 17.5 Å². The maximum atomic E-state index is 12.3. The Labute approximate surface area is 187 Å². The number of nitrogens with one attached hydrogen (secondary N) is 3. The van der Waals surface area contributed by atoms with Crippen LogP contribution in [0.15, 0.2) is 36.4 Å². The number of carbonyl (C=O) groups excluding carboxylic acids is 3. The summed E-state index contributed by atoms with van der Waals surface area (Å²) in [6, 6.07) is 9.90. The minimum absolute atomic E-state index is 0.184. The Kier molecular flexibility index (Phi) is 8.88. The monoisotopic (exact) mass is 443 g/mol. The van der Waals surface area contributed by atoms with Crippen LogP contribution in [0, 0.1) is 6.92 Å². The molecule has 2 aromatic rings. The minimum atomic E-state index is -0.931. The summed E-state index contributed by atoms with van der Waals surface area (Å²) in [5, 5.41) is 7.33. The molecule has 0 aliphatic rings. The van der Waals surface area contributed by atoms with Gasteiger partial charge in [-0.25, -0.2) is 9.59 Å². The molecule has 9 nitrogen and oxygen atoms in total. The summed E-state index contributed by atoms with van der Waals surface area (Å²) in [5.41, 5.74) is 3.47. The molecule has 0 radical (unpaired) electrons. The zero-order chi connectivity index (χ0) is 23.7. The van der Waals surface area contributed by atoms with Gasteiger partial charge in [0.05, 0.1) is 27.9 Å². The first-order valence-electron chi connectivity index (χ1n) is 9.97. The lowest BCUT2D eigenvalue weighted by molar-refractivity contribution is -0.144. The van der Waals surface area contributed by atoms with Crippen LogP contribution in [-0.4, -0.2) is 58.9 Å². The average molecular weight is 444 g/mol. The lowest BCUT2D eigenvalue weighted by Gasteiger charge is -2.19. The molecule has 0 bridgehead atoms. The smallest absolute Gasteiger partial charge is 0.328 e. The molecule has 3 N–H and O–H groups in total. The molecule has 172 valence electrons. The van der Waals surface area contributed by atoms with E-state index in [0.717, 1.165) is 22.3 Å². The van der Waals surface area contributed by atoms with Gasteiger partial charge in [-0.1, -0.05) is 17.7 Å². The number of hydrogen-bond acceptors (Lipinski definition) is 6. The van der Waals surface area contributed by atoms with Crippen molar-refractivity contribution in [3.05, 3.63) is 47.5 Å². The van der Waals surface area contributed by atoms with E-state index in [0.29, 0.717) is 11.5 Å². The summed E-state index contributed by atoms with van der Waals surface area (Å²) in [6.45, 7) is 1.70. The van der Waals surface area contributed by atoms with Crippen LogP contribution in [0.4, 0.5) is 4.79 Å². The van der Waals surface area contributed by atoms with Crippen LogP contribution in [0.25, 0.3) is 11.1 Å². The van der Waals surface area contributed by atoms with Crippen molar-refractivity contribution in [2.75, 3.05) is 34.9 Å². The highest BCUT2D eigenvalue weighted by molar-refractivity contribution is 5.88. The van der Waals surface area contributed by atoms with E-state index in [9.17, 15) is 14.4 Å². The summed E-state index contributed by atoms with van der Waals surface area (Å²) in [7, 11) is 5.87. The van der Waals surface area contributed by atoms with Gasteiger partial charge < -0.3 is 30.2 Å². The van der Waals surface area contributed by atoms with Crippen LogP contribution >= 0.6 is 0 Å². The van der Waals surface area contributed by atoms with E-state index in [1.807, 2.05) is 37.3 Å². The molecule has 1 unspecified atom stereocenters. The summed E-state index contributed by atoms with van der Waals surface area (Å²) >= 11 is 0. The van der Waals surface area contributed by atoms with Crippen LogP contribution < -0.4 is 25.4 Å². The van der Waals surface area contributed by atoms with Gasteiger partial charge in [-0.05, 0) is 36.8 Å². The molecule has 0 saturated heterocycles. The molecule has 0 saturated carbocycles. The molecular weight excluding hydrogens is 414 g/mol. The molecule has 2 rings (SSSR count). The molecule has 0 aliphatic carbocycles. The lowest BCUT2D eigenvalue weighted by Crippen LogP contribution is -2.48. The van der Waals surface area contributed by atoms with E-state index >= 15 is 0 Å². The molecule has 2 aromatic carbocycles. The fraction of sp³-hybridized carbons (Fsp3) is 0.348. The molecule has 0 aromatic heterocycles. The first-order chi connectivity index (χ1) is 15.3. The van der Waals surface area contributed by atoms with E-state index < -0.39 is 23.9 Å². The summed E-state index contributed by atoms with van der Waals surface area (Å²) in [5.74, 6) is 0.220. The first-order valence-corrected chi connectivity index (χ1v) is 9.97. The Morgan fingerprint density at radius 3 is 2.16 bits per heavy atom. The third-order valence-corrected chi connectivity index (χ3v) is 4.81. The zero-order valence-corrected chi connectivity index (χ0v) is 18.9. The van der Waals surface area contributed by atoms with Crippen molar-refractivity contribution in [2.45, 2.75) is 19.4 Å². The normalized spacial score (nSPS) is 11.2. The number of methoxy groups -OCH3 is 3. The van der Waals surface area contributed by atoms with Gasteiger partial charge in [-0.2, -0.15) is 0 Å². The number of urea groups is 1. The summed E-state index contributed by atoms with van der Waals surface area (Å²) < 4.78 is 15.9. The predicted molar refractivity (Wildman–Crippen MR) is 120 cm³/mol. The molecule has 1 atom stereocenters. The number of amides is 3. The number of ether oxygens (including phenoxy) is 3. The number of rotatable bonds is 9. The first kappa shape index (κ1) is 24.5. The van der Waals surface area contributed by atoms with Crippen LogP contribution in [-0.2, 0) is 20.7 Å². The van der Waals surface area contributed by atoms with Crippen LogP contribution in [0.3, 0.4) is 0 Å². The topological polar surface area (TPSA) is 115 Å². The number of hydrogen-bond donors (Lipinski definition) is 3. The van der Waals surface area contributed by atoms with Crippen LogP contribution in [0.2, 0.25) is 0 Å². The van der Waals surface area contributed by atoms with E-state index in [4.69, 9.17) is 14.2 Å². The Morgan fingerprint density at radius 1 is 0.938 bits per heavy atom. The van der Waals surface area contributed by atoms with E-state index in [2.05, 4.69) is 16.0 Å². The third kappa shape index (κ3) is 6.37. The van der Waals surface area contributed by atoms with Crippen molar-refractivity contribution in [1.82, 2.24) is 16.0 Å². The SMILES string of the molecule is CNC(=O)NCC(=O)NC(Cc1ccc(OC)c(-c2cc(C)ccc2OC)c1)C(=O)OC.